The molecule has 0 spiro atoms. The number of ether oxygens (including phenoxy) is 3. The van der Waals surface area contributed by atoms with Crippen LogP contribution in [0.15, 0.2) is 18.2 Å². The van der Waals surface area contributed by atoms with Gasteiger partial charge in [-0.3, -0.25) is 0 Å². The molecular formula is C21H29LiO3-2. The van der Waals surface area contributed by atoms with E-state index in [-0.39, 0.29) is 25.0 Å². The zero-order valence-corrected chi connectivity index (χ0v) is 16.1. The molecule has 0 aromatic heterocycles. The molecule has 1 aliphatic carbocycles. The van der Waals surface area contributed by atoms with Gasteiger partial charge in [0, 0.05) is 20.3 Å². The Balaban J connectivity index is 0.000000443. The molecule has 1 saturated carbocycles. The van der Waals surface area contributed by atoms with Gasteiger partial charge in [0.25, 0.3) is 0 Å². The minimum Gasteiger partial charge on any atom is -0.381 e. The molecule has 134 valence electrons. The van der Waals surface area contributed by atoms with Gasteiger partial charge in [0.1, 0.15) is 6.61 Å². The first kappa shape index (κ1) is 24.3. The van der Waals surface area contributed by atoms with Crippen molar-refractivity contribution in [3.63, 3.8) is 0 Å². The van der Waals surface area contributed by atoms with Gasteiger partial charge in [-0.15, -0.1) is 5.92 Å². The summed E-state index contributed by atoms with van der Waals surface area (Å²) in [5.41, 5.74) is 2.17. The van der Waals surface area contributed by atoms with E-state index in [4.69, 9.17) is 14.2 Å². The Morgan fingerprint density at radius 2 is 1.88 bits per heavy atom. The molecule has 0 radical (unpaired) electrons. The Morgan fingerprint density at radius 1 is 1.20 bits per heavy atom. The number of aryl methyl sites for hydroxylation is 1. The maximum atomic E-state index is 5.71. The van der Waals surface area contributed by atoms with Gasteiger partial charge >= 0.3 is 18.9 Å². The molecule has 0 unspecified atom stereocenters. The van der Waals surface area contributed by atoms with Crippen LogP contribution in [0.4, 0.5) is 0 Å². The van der Waals surface area contributed by atoms with Gasteiger partial charge in [-0.2, -0.15) is 42.7 Å². The van der Waals surface area contributed by atoms with Gasteiger partial charge in [0.2, 0.25) is 0 Å². The zero-order chi connectivity index (χ0) is 17.8. The minimum atomic E-state index is 0. The SMILES string of the molecule is COCC#Cc1c[c-]cc(C)c1.[CH2-]CC(C[CH2-])OC1CC(OC)C1.[Li+]. The Morgan fingerprint density at radius 3 is 2.40 bits per heavy atom. The van der Waals surface area contributed by atoms with E-state index in [0.717, 1.165) is 31.2 Å². The summed E-state index contributed by atoms with van der Waals surface area (Å²) in [7, 11) is 3.39. The Bertz CT molecular complexity index is 511. The monoisotopic (exact) mass is 336 g/mol. The second-order valence-electron chi connectivity index (χ2n) is 5.82. The van der Waals surface area contributed by atoms with Crippen LogP contribution in [0.5, 0.6) is 0 Å². The fourth-order valence-corrected chi connectivity index (χ4v) is 2.25. The van der Waals surface area contributed by atoms with E-state index in [1.54, 1.807) is 14.2 Å². The van der Waals surface area contributed by atoms with E-state index in [1.807, 2.05) is 25.1 Å². The Labute approximate surface area is 166 Å². The summed E-state index contributed by atoms with van der Waals surface area (Å²) in [6.07, 6.45) is 4.76. The summed E-state index contributed by atoms with van der Waals surface area (Å²) < 4.78 is 15.7. The van der Waals surface area contributed by atoms with Crippen LogP contribution in [0.2, 0.25) is 0 Å². The molecule has 1 aromatic rings. The van der Waals surface area contributed by atoms with Crippen molar-refractivity contribution in [2.75, 3.05) is 20.8 Å². The van der Waals surface area contributed by atoms with Crippen molar-refractivity contribution in [2.45, 2.75) is 50.9 Å². The third kappa shape index (κ3) is 10.1. The van der Waals surface area contributed by atoms with E-state index in [1.165, 1.54) is 5.56 Å². The van der Waals surface area contributed by atoms with Gasteiger partial charge in [-0.25, -0.2) is 0 Å². The summed E-state index contributed by atoms with van der Waals surface area (Å²) in [5, 5.41) is 0. The average molecular weight is 336 g/mol. The average Bonchev–Trinajstić information content (AvgIpc) is 2.55. The van der Waals surface area contributed by atoms with Gasteiger partial charge < -0.3 is 28.1 Å². The number of rotatable bonds is 6. The number of hydrogen-bond acceptors (Lipinski definition) is 3. The fourth-order valence-electron chi connectivity index (χ4n) is 2.25. The molecule has 1 aromatic carbocycles. The Hall–Kier alpha value is -0.743. The molecule has 0 aliphatic heterocycles. The molecule has 25 heavy (non-hydrogen) atoms. The molecule has 1 aliphatic rings. The van der Waals surface area contributed by atoms with Crippen LogP contribution in [-0.2, 0) is 14.2 Å². The predicted molar refractivity (Wildman–Crippen MR) is 97.4 cm³/mol. The molecule has 2 rings (SSSR count). The number of methoxy groups -OCH3 is 2. The van der Waals surface area contributed by atoms with Crippen molar-refractivity contribution in [1.82, 2.24) is 0 Å². The van der Waals surface area contributed by atoms with E-state index < -0.39 is 0 Å². The molecule has 3 nitrogen and oxygen atoms in total. The summed E-state index contributed by atoms with van der Waals surface area (Å²) in [5.74, 6) is 5.87. The quantitative estimate of drug-likeness (QED) is 0.437. The third-order valence-electron chi connectivity index (χ3n) is 3.80. The minimum absolute atomic E-state index is 0. The first-order chi connectivity index (χ1) is 11.6. The van der Waals surface area contributed by atoms with E-state index >= 15 is 0 Å². The Kier molecular flexibility index (Phi) is 14.0. The molecule has 0 heterocycles. The summed E-state index contributed by atoms with van der Waals surface area (Å²) in [6, 6.07) is 8.84. The van der Waals surface area contributed by atoms with Crippen LogP contribution >= 0.6 is 0 Å². The molecule has 0 amide bonds. The maximum Gasteiger partial charge on any atom is 1.00 e. The molecule has 4 heteroatoms. The van der Waals surface area contributed by atoms with Crippen molar-refractivity contribution in [3.05, 3.63) is 49.2 Å². The largest absolute Gasteiger partial charge is 1.00 e. The van der Waals surface area contributed by atoms with Gasteiger partial charge in [0.15, 0.2) is 0 Å². The van der Waals surface area contributed by atoms with Crippen LogP contribution in [0.1, 0.15) is 36.8 Å². The molecule has 0 saturated heterocycles. The van der Waals surface area contributed by atoms with Crippen LogP contribution < -0.4 is 18.9 Å². The number of benzene rings is 1. The molecular weight excluding hydrogens is 307 g/mol. The van der Waals surface area contributed by atoms with Gasteiger partial charge in [-0.1, -0.05) is 18.4 Å². The number of hydrogen-bond donors (Lipinski definition) is 0. The van der Waals surface area contributed by atoms with E-state index in [0.29, 0.717) is 18.8 Å². The topological polar surface area (TPSA) is 27.7 Å². The van der Waals surface area contributed by atoms with E-state index in [2.05, 4.69) is 31.8 Å². The molecule has 0 atom stereocenters. The van der Waals surface area contributed by atoms with Crippen molar-refractivity contribution >= 4 is 0 Å². The summed E-state index contributed by atoms with van der Waals surface area (Å²) in [4.78, 5) is 0. The molecule has 0 bridgehead atoms. The van der Waals surface area contributed by atoms with Crippen molar-refractivity contribution in [3.8, 4) is 11.8 Å². The normalized spacial score (nSPS) is 18.2. The first-order valence-corrected chi connectivity index (χ1v) is 8.35. The van der Waals surface area contributed by atoms with E-state index in [9.17, 15) is 0 Å². The standard InChI is InChI=1S/C11H11O.C10H18O2.Li/c1-10-5-3-6-11(9-10)7-4-8-12-2;1-4-8(5-2)12-10-6-9(7-10)11-3;/h5-6,9H,8H2,1-2H3;8-10H,1-2,4-7H2,3H3;/q-1;-2;+1. The molecule has 0 N–H and O–H groups in total. The predicted octanol–water partition coefficient (Wildman–Crippen LogP) is 0.794. The van der Waals surface area contributed by atoms with Gasteiger partial charge in [-0.05, 0) is 12.8 Å². The summed E-state index contributed by atoms with van der Waals surface area (Å²) in [6.45, 7) is 10.1. The van der Waals surface area contributed by atoms with Crippen molar-refractivity contribution < 1.29 is 33.1 Å². The third-order valence-corrected chi connectivity index (χ3v) is 3.80. The zero-order valence-electron chi connectivity index (χ0n) is 16.1. The first-order valence-electron chi connectivity index (χ1n) is 8.35. The maximum absolute atomic E-state index is 5.71. The van der Waals surface area contributed by atoms with Crippen LogP contribution in [0, 0.1) is 38.7 Å². The summed E-state index contributed by atoms with van der Waals surface area (Å²) >= 11 is 0. The van der Waals surface area contributed by atoms with Crippen molar-refractivity contribution in [1.29, 1.82) is 0 Å². The van der Waals surface area contributed by atoms with Crippen LogP contribution in [0.3, 0.4) is 0 Å². The van der Waals surface area contributed by atoms with Crippen LogP contribution in [0.25, 0.3) is 0 Å². The second kappa shape index (κ2) is 14.4. The second-order valence-corrected chi connectivity index (χ2v) is 5.82. The van der Waals surface area contributed by atoms with Crippen LogP contribution in [-0.4, -0.2) is 39.1 Å². The van der Waals surface area contributed by atoms with Crippen molar-refractivity contribution in [2.24, 2.45) is 0 Å². The van der Waals surface area contributed by atoms with Gasteiger partial charge in [0.05, 0.1) is 12.2 Å². The smallest absolute Gasteiger partial charge is 0.381 e. The molecule has 1 fully saturated rings. The fraction of sp³-hybridized carbons (Fsp3) is 0.524.